The van der Waals surface area contributed by atoms with E-state index in [9.17, 15) is 4.79 Å². The lowest BCUT2D eigenvalue weighted by Gasteiger charge is -1.88. The number of aromatic nitrogens is 5. The molecule has 0 atom stereocenters. The standard InChI is InChI=1S/C5H2N6O/c1-6-3-2-7-11-5(4(3)12)8-9-10-11/h2,7H. The summed E-state index contributed by atoms with van der Waals surface area (Å²) in [4.78, 5) is 14.2. The first kappa shape index (κ1) is 6.48. The van der Waals surface area contributed by atoms with Crippen molar-refractivity contribution >= 4 is 11.3 Å². The highest BCUT2D eigenvalue weighted by molar-refractivity contribution is 5.51. The summed E-state index contributed by atoms with van der Waals surface area (Å²) in [6.45, 7) is 6.64. The Labute approximate surface area is 65.4 Å². The Hall–Kier alpha value is -2.23. The summed E-state index contributed by atoms with van der Waals surface area (Å²) in [5.74, 6) is 0. The highest BCUT2D eigenvalue weighted by atomic mass is 16.1. The van der Waals surface area contributed by atoms with Gasteiger partial charge in [-0.05, 0) is 10.4 Å². The molecule has 0 amide bonds. The zero-order chi connectivity index (χ0) is 8.55. The predicted molar refractivity (Wildman–Crippen MR) is 37.7 cm³/mol. The van der Waals surface area contributed by atoms with Crippen molar-refractivity contribution in [3.05, 3.63) is 27.8 Å². The largest absolute Gasteiger partial charge is 0.299 e. The van der Waals surface area contributed by atoms with Crippen LogP contribution in [0.3, 0.4) is 0 Å². The summed E-state index contributed by atoms with van der Waals surface area (Å²) >= 11 is 0. The highest BCUT2D eigenvalue weighted by Gasteiger charge is 2.06. The second kappa shape index (κ2) is 2.13. The number of hydrogen-bond donors (Lipinski definition) is 1. The molecule has 58 valence electrons. The van der Waals surface area contributed by atoms with Crippen molar-refractivity contribution in [2.75, 3.05) is 0 Å². The van der Waals surface area contributed by atoms with E-state index in [-0.39, 0.29) is 11.3 Å². The molecule has 2 heterocycles. The van der Waals surface area contributed by atoms with E-state index in [1.165, 1.54) is 6.20 Å². The SMILES string of the molecule is [C-]#[N+]c1c[nH]n2nnnc2c1=O. The van der Waals surface area contributed by atoms with Crippen LogP contribution >= 0.6 is 0 Å². The summed E-state index contributed by atoms with van der Waals surface area (Å²) in [5, 5.41) is 12.7. The Morgan fingerprint density at radius 3 is 3.25 bits per heavy atom. The molecule has 0 saturated carbocycles. The quantitative estimate of drug-likeness (QED) is 0.522. The Morgan fingerprint density at radius 2 is 2.50 bits per heavy atom. The van der Waals surface area contributed by atoms with Crippen LogP contribution in [-0.2, 0) is 0 Å². The molecule has 7 heteroatoms. The average Bonchev–Trinajstić information content (AvgIpc) is 2.53. The molecule has 12 heavy (non-hydrogen) atoms. The number of nitrogens with one attached hydrogen (secondary N) is 1. The predicted octanol–water partition coefficient (Wildman–Crippen LogP) is -0.637. The van der Waals surface area contributed by atoms with Gasteiger partial charge in [0.15, 0.2) is 0 Å². The molecule has 0 aliphatic carbocycles. The molecule has 0 fully saturated rings. The van der Waals surface area contributed by atoms with Gasteiger partial charge in [-0.3, -0.25) is 9.89 Å². The molecule has 0 aromatic carbocycles. The van der Waals surface area contributed by atoms with E-state index < -0.39 is 5.43 Å². The topological polar surface area (TPSA) is 80.3 Å². The maximum atomic E-state index is 11.2. The Morgan fingerprint density at radius 1 is 1.67 bits per heavy atom. The molecule has 2 rings (SSSR count). The second-order valence-electron chi connectivity index (χ2n) is 2.01. The summed E-state index contributed by atoms with van der Waals surface area (Å²) in [6, 6.07) is 0. The Balaban J connectivity index is 3.00. The molecule has 0 saturated heterocycles. The van der Waals surface area contributed by atoms with Crippen molar-refractivity contribution in [2.45, 2.75) is 0 Å². The van der Waals surface area contributed by atoms with Crippen LogP contribution in [0.5, 0.6) is 0 Å². The van der Waals surface area contributed by atoms with Gasteiger partial charge in [0.1, 0.15) is 0 Å². The van der Waals surface area contributed by atoms with Crippen molar-refractivity contribution in [3.63, 3.8) is 0 Å². The lowest BCUT2D eigenvalue weighted by atomic mass is 10.4. The first-order chi connectivity index (χ1) is 5.83. The number of aromatic amines is 1. The van der Waals surface area contributed by atoms with Crippen LogP contribution in [0, 0.1) is 6.57 Å². The Kier molecular flexibility index (Phi) is 1.15. The van der Waals surface area contributed by atoms with Crippen molar-refractivity contribution in [1.82, 2.24) is 25.3 Å². The fourth-order valence-electron chi connectivity index (χ4n) is 0.801. The fraction of sp³-hybridized carbons (Fsp3) is 0. The first-order valence-corrected chi connectivity index (χ1v) is 3.00. The van der Waals surface area contributed by atoms with Crippen LogP contribution < -0.4 is 5.43 Å². The molecule has 1 N–H and O–H groups in total. The van der Waals surface area contributed by atoms with E-state index in [1.807, 2.05) is 0 Å². The molecule has 0 spiro atoms. The van der Waals surface area contributed by atoms with E-state index >= 15 is 0 Å². The number of H-pyrrole nitrogens is 1. The first-order valence-electron chi connectivity index (χ1n) is 3.00. The summed E-state index contributed by atoms with van der Waals surface area (Å²) in [6.07, 6.45) is 1.26. The normalized spacial score (nSPS) is 9.92. The highest BCUT2D eigenvalue weighted by Crippen LogP contribution is 2.00. The minimum atomic E-state index is -0.464. The summed E-state index contributed by atoms with van der Waals surface area (Å²) in [5.41, 5.74) is -0.449. The van der Waals surface area contributed by atoms with Gasteiger partial charge in [0, 0.05) is 6.20 Å². The van der Waals surface area contributed by atoms with Crippen molar-refractivity contribution in [2.24, 2.45) is 0 Å². The Bertz CT molecular complexity index is 516. The number of hydrogen-bond acceptors (Lipinski definition) is 4. The van der Waals surface area contributed by atoms with Crippen LogP contribution in [-0.4, -0.2) is 25.3 Å². The van der Waals surface area contributed by atoms with E-state index in [0.29, 0.717) is 0 Å². The molecule has 0 radical (unpaired) electrons. The average molecular weight is 162 g/mol. The third-order valence-electron chi connectivity index (χ3n) is 1.35. The van der Waals surface area contributed by atoms with Gasteiger partial charge in [-0.15, -0.1) is 9.73 Å². The molecule has 2 aromatic rings. The molecule has 2 aromatic heterocycles. The van der Waals surface area contributed by atoms with Gasteiger partial charge in [-0.2, -0.15) is 0 Å². The van der Waals surface area contributed by atoms with Crippen LogP contribution in [0.1, 0.15) is 0 Å². The van der Waals surface area contributed by atoms with E-state index in [4.69, 9.17) is 6.57 Å². The van der Waals surface area contributed by atoms with Gasteiger partial charge in [0.05, 0.1) is 6.57 Å². The number of tetrazole rings is 1. The number of rotatable bonds is 0. The third-order valence-corrected chi connectivity index (χ3v) is 1.35. The lowest BCUT2D eigenvalue weighted by molar-refractivity contribution is 0.732. The smallest absolute Gasteiger partial charge is 0.254 e. The maximum absolute atomic E-state index is 11.2. The van der Waals surface area contributed by atoms with Crippen LogP contribution in [0.2, 0.25) is 0 Å². The van der Waals surface area contributed by atoms with E-state index in [1.54, 1.807) is 0 Å². The van der Waals surface area contributed by atoms with Crippen molar-refractivity contribution in [3.8, 4) is 0 Å². The lowest BCUT2D eigenvalue weighted by Crippen LogP contribution is -2.07. The van der Waals surface area contributed by atoms with Gasteiger partial charge in [-0.1, -0.05) is 0 Å². The van der Waals surface area contributed by atoms with Gasteiger partial charge < -0.3 is 0 Å². The zero-order valence-electron chi connectivity index (χ0n) is 5.72. The van der Waals surface area contributed by atoms with Crippen molar-refractivity contribution < 1.29 is 0 Å². The second-order valence-corrected chi connectivity index (χ2v) is 2.01. The molecule has 0 unspecified atom stereocenters. The minimum absolute atomic E-state index is 0.0164. The maximum Gasteiger partial charge on any atom is 0.254 e. The molecular weight excluding hydrogens is 160 g/mol. The van der Waals surface area contributed by atoms with Gasteiger partial charge in [-0.25, -0.2) is 4.85 Å². The number of nitrogens with zero attached hydrogens (tertiary/aromatic N) is 5. The van der Waals surface area contributed by atoms with E-state index in [2.05, 4.69) is 25.5 Å². The molecule has 7 nitrogen and oxygen atoms in total. The summed E-state index contributed by atoms with van der Waals surface area (Å²) in [7, 11) is 0. The van der Waals surface area contributed by atoms with Crippen LogP contribution in [0.25, 0.3) is 10.5 Å². The fourth-order valence-corrected chi connectivity index (χ4v) is 0.801. The molecule has 0 aliphatic heterocycles. The third kappa shape index (κ3) is 0.687. The molecule has 0 aliphatic rings. The number of fused-ring (bicyclic) bond motifs is 1. The zero-order valence-corrected chi connectivity index (χ0v) is 5.72. The monoisotopic (exact) mass is 162 g/mol. The molecule has 0 bridgehead atoms. The minimum Gasteiger partial charge on any atom is -0.299 e. The van der Waals surface area contributed by atoms with Gasteiger partial charge in [0.25, 0.3) is 5.69 Å². The van der Waals surface area contributed by atoms with E-state index in [0.717, 1.165) is 4.63 Å². The van der Waals surface area contributed by atoms with Crippen LogP contribution in [0.15, 0.2) is 11.0 Å². The summed E-state index contributed by atoms with van der Waals surface area (Å²) < 4.78 is 1.11. The van der Waals surface area contributed by atoms with Crippen molar-refractivity contribution in [1.29, 1.82) is 0 Å². The van der Waals surface area contributed by atoms with Gasteiger partial charge >= 0.3 is 0 Å². The molecular formula is C5H2N6O. The van der Waals surface area contributed by atoms with Crippen LogP contribution in [0.4, 0.5) is 5.69 Å². The van der Waals surface area contributed by atoms with Gasteiger partial charge in [0.2, 0.25) is 11.1 Å².